The van der Waals surface area contributed by atoms with Gasteiger partial charge in [0.1, 0.15) is 12.6 Å². The van der Waals surface area contributed by atoms with Crippen LogP contribution < -0.4 is 11.1 Å². The van der Waals surface area contributed by atoms with Gasteiger partial charge in [0.05, 0.1) is 9.47 Å². The molecule has 0 fully saturated rings. The lowest BCUT2D eigenvalue weighted by atomic mass is 9.98. The summed E-state index contributed by atoms with van der Waals surface area (Å²) in [5.41, 5.74) is 10.0. The number of nitrogens with one attached hydrogen (secondary N) is 1. The Morgan fingerprint density at radius 1 is 1.08 bits per heavy atom. The molecule has 26 heavy (non-hydrogen) atoms. The standard InChI is InChI=1S/C19H21N2O4P/c20-10-9-17(18(22)25-26)21-19(23)24-11-16-14-7-3-1-5-12(14)13-6-2-4-8-15(13)16/h1-8,16-17H,9-11,20,26H2,(H,21,23). The van der Waals surface area contributed by atoms with Crippen molar-refractivity contribution in [3.8, 4) is 11.1 Å². The van der Waals surface area contributed by atoms with Crippen LogP contribution in [0.2, 0.25) is 0 Å². The van der Waals surface area contributed by atoms with E-state index in [0.717, 1.165) is 22.3 Å². The summed E-state index contributed by atoms with van der Waals surface area (Å²) in [5.74, 6) is -0.608. The van der Waals surface area contributed by atoms with Crippen LogP contribution in [0.4, 0.5) is 4.79 Å². The van der Waals surface area contributed by atoms with E-state index in [4.69, 9.17) is 10.5 Å². The third-order valence-corrected chi connectivity index (χ3v) is 4.72. The van der Waals surface area contributed by atoms with Crippen LogP contribution in [0.25, 0.3) is 11.1 Å². The van der Waals surface area contributed by atoms with Crippen LogP contribution in [-0.2, 0) is 14.1 Å². The fourth-order valence-electron chi connectivity index (χ4n) is 3.28. The molecule has 2 aromatic rings. The van der Waals surface area contributed by atoms with Gasteiger partial charge in [-0.1, -0.05) is 48.5 Å². The highest BCUT2D eigenvalue weighted by molar-refractivity contribution is 7.10. The molecule has 6 nitrogen and oxygen atoms in total. The number of nitrogens with two attached hydrogens (primary N) is 1. The number of hydrogen-bond donors (Lipinski definition) is 2. The van der Waals surface area contributed by atoms with Crippen molar-refractivity contribution >= 4 is 21.5 Å². The highest BCUT2D eigenvalue weighted by atomic mass is 31.0. The first-order valence-corrected chi connectivity index (χ1v) is 8.85. The van der Waals surface area contributed by atoms with Crippen LogP contribution in [0.5, 0.6) is 0 Å². The Morgan fingerprint density at radius 3 is 2.19 bits per heavy atom. The van der Waals surface area contributed by atoms with Gasteiger partial charge in [-0.15, -0.1) is 0 Å². The van der Waals surface area contributed by atoms with Crippen molar-refractivity contribution in [2.24, 2.45) is 5.73 Å². The second-order valence-corrected chi connectivity index (χ2v) is 6.27. The first-order valence-electron chi connectivity index (χ1n) is 8.38. The first-order chi connectivity index (χ1) is 12.7. The maximum Gasteiger partial charge on any atom is 0.407 e. The van der Waals surface area contributed by atoms with Crippen LogP contribution in [0.1, 0.15) is 23.5 Å². The summed E-state index contributed by atoms with van der Waals surface area (Å²) in [6.45, 7) is 0.430. The molecule has 2 unspecified atom stereocenters. The van der Waals surface area contributed by atoms with Gasteiger partial charge < -0.3 is 20.3 Å². The highest BCUT2D eigenvalue weighted by Gasteiger charge is 2.29. The molecular weight excluding hydrogens is 351 g/mol. The number of fused-ring (bicyclic) bond motifs is 3. The third kappa shape index (κ3) is 3.71. The Balaban J connectivity index is 1.70. The van der Waals surface area contributed by atoms with Crippen LogP contribution >= 0.6 is 9.47 Å². The van der Waals surface area contributed by atoms with E-state index in [2.05, 4.69) is 22.0 Å². The Kier molecular flexibility index (Phi) is 5.86. The zero-order chi connectivity index (χ0) is 18.5. The Bertz CT molecular complexity index is 766. The lowest BCUT2D eigenvalue weighted by Gasteiger charge is -2.18. The SMILES string of the molecule is NCCC(NC(=O)OCC1c2ccccc2-c2ccccc21)C(=O)OP. The van der Waals surface area contributed by atoms with E-state index in [9.17, 15) is 9.59 Å². The summed E-state index contributed by atoms with van der Waals surface area (Å²) in [4.78, 5) is 23.8. The number of carbonyl (C=O) groups excluding carboxylic acids is 2. The minimum absolute atomic E-state index is 0.0326. The minimum Gasteiger partial charge on any atom is -0.450 e. The summed E-state index contributed by atoms with van der Waals surface area (Å²) in [6, 6.07) is 15.4. The molecule has 0 bridgehead atoms. The second-order valence-electron chi connectivity index (χ2n) is 6.04. The number of alkyl carbamates (subject to hydrolysis) is 1. The van der Waals surface area contributed by atoms with E-state index >= 15 is 0 Å². The van der Waals surface area contributed by atoms with Crippen molar-refractivity contribution in [2.75, 3.05) is 13.2 Å². The highest BCUT2D eigenvalue weighted by Crippen LogP contribution is 2.44. The molecule has 3 N–H and O–H groups in total. The first kappa shape index (κ1) is 18.4. The number of carbonyl (C=O) groups is 2. The smallest absolute Gasteiger partial charge is 0.407 e. The molecule has 1 aliphatic rings. The maximum atomic E-state index is 12.1. The van der Waals surface area contributed by atoms with Gasteiger partial charge in [-0.3, -0.25) is 0 Å². The molecule has 2 atom stereocenters. The lowest BCUT2D eigenvalue weighted by molar-refractivity contribution is -0.135. The largest absolute Gasteiger partial charge is 0.450 e. The van der Waals surface area contributed by atoms with E-state index in [1.807, 2.05) is 45.9 Å². The number of benzene rings is 2. The Labute approximate surface area is 154 Å². The molecule has 0 radical (unpaired) electrons. The monoisotopic (exact) mass is 372 g/mol. The topological polar surface area (TPSA) is 90.6 Å². The van der Waals surface area contributed by atoms with E-state index in [-0.39, 0.29) is 25.5 Å². The lowest BCUT2D eigenvalue weighted by Crippen LogP contribution is -2.42. The van der Waals surface area contributed by atoms with Crippen molar-refractivity contribution < 1.29 is 18.8 Å². The average molecular weight is 372 g/mol. The normalized spacial score (nSPS) is 13.5. The minimum atomic E-state index is -0.826. The Hall–Kier alpha value is -2.43. The molecule has 3 rings (SSSR count). The van der Waals surface area contributed by atoms with Crippen molar-refractivity contribution in [1.29, 1.82) is 0 Å². The van der Waals surface area contributed by atoms with Gasteiger partial charge in [0.2, 0.25) is 0 Å². The summed E-state index contributed by atoms with van der Waals surface area (Å²) in [5, 5.41) is 2.51. The molecule has 7 heteroatoms. The molecule has 0 aliphatic heterocycles. The van der Waals surface area contributed by atoms with E-state index in [1.54, 1.807) is 0 Å². The van der Waals surface area contributed by atoms with Gasteiger partial charge in [0, 0.05) is 5.92 Å². The summed E-state index contributed by atoms with van der Waals surface area (Å²) in [7, 11) is 1.87. The fourth-order valence-corrected chi connectivity index (χ4v) is 3.44. The van der Waals surface area contributed by atoms with E-state index < -0.39 is 18.1 Å². The summed E-state index contributed by atoms with van der Waals surface area (Å²) < 4.78 is 9.99. The van der Waals surface area contributed by atoms with Crippen molar-refractivity contribution in [3.63, 3.8) is 0 Å². The molecule has 0 aromatic heterocycles. The Morgan fingerprint density at radius 2 is 1.65 bits per heavy atom. The van der Waals surface area contributed by atoms with Gasteiger partial charge in [-0.2, -0.15) is 0 Å². The van der Waals surface area contributed by atoms with Gasteiger partial charge in [-0.25, -0.2) is 9.59 Å². The molecule has 0 saturated heterocycles. The molecular formula is C19H21N2O4P. The zero-order valence-electron chi connectivity index (χ0n) is 14.2. The maximum absolute atomic E-state index is 12.1. The van der Waals surface area contributed by atoms with Gasteiger partial charge >= 0.3 is 12.1 Å². The van der Waals surface area contributed by atoms with Crippen LogP contribution in [0, 0.1) is 0 Å². The zero-order valence-corrected chi connectivity index (χ0v) is 15.3. The molecule has 136 valence electrons. The molecule has 0 saturated carbocycles. The average Bonchev–Trinajstić information content (AvgIpc) is 2.99. The molecule has 0 heterocycles. The number of rotatable bonds is 6. The van der Waals surface area contributed by atoms with Crippen molar-refractivity contribution in [3.05, 3.63) is 59.7 Å². The molecule has 2 aromatic carbocycles. The van der Waals surface area contributed by atoms with Gasteiger partial charge in [0.15, 0.2) is 0 Å². The number of amides is 1. The van der Waals surface area contributed by atoms with E-state index in [1.165, 1.54) is 0 Å². The molecule has 1 amide bonds. The quantitative estimate of drug-likeness (QED) is 0.761. The number of hydrogen-bond acceptors (Lipinski definition) is 5. The van der Waals surface area contributed by atoms with Gasteiger partial charge in [-0.05, 0) is 35.2 Å². The van der Waals surface area contributed by atoms with E-state index in [0.29, 0.717) is 0 Å². The third-order valence-electron chi connectivity index (χ3n) is 4.49. The van der Waals surface area contributed by atoms with Crippen LogP contribution in [0.3, 0.4) is 0 Å². The number of ether oxygens (including phenoxy) is 1. The molecule has 1 aliphatic carbocycles. The predicted molar refractivity (Wildman–Crippen MR) is 101 cm³/mol. The predicted octanol–water partition coefficient (Wildman–Crippen LogP) is 2.58. The van der Waals surface area contributed by atoms with Crippen molar-refractivity contribution in [1.82, 2.24) is 5.32 Å². The van der Waals surface area contributed by atoms with Crippen LogP contribution in [0.15, 0.2) is 48.5 Å². The van der Waals surface area contributed by atoms with Crippen LogP contribution in [-0.4, -0.2) is 31.3 Å². The molecule has 0 spiro atoms. The fraction of sp³-hybridized carbons (Fsp3) is 0.263. The summed E-state index contributed by atoms with van der Waals surface area (Å²) in [6.07, 6.45) is -0.391. The summed E-state index contributed by atoms with van der Waals surface area (Å²) >= 11 is 0. The van der Waals surface area contributed by atoms with Gasteiger partial charge in [0.25, 0.3) is 0 Å². The van der Waals surface area contributed by atoms with Crippen molar-refractivity contribution in [2.45, 2.75) is 18.4 Å². The second kappa shape index (κ2) is 8.30.